The number of rotatable bonds is 10. The molecule has 1 heterocycles. The van der Waals surface area contributed by atoms with Gasteiger partial charge >= 0.3 is 0 Å². The van der Waals surface area contributed by atoms with Crippen LogP contribution in [0.2, 0.25) is 0 Å². The van der Waals surface area contributed by atoms with Gasteiger partial charge in [-0.15, -0.1) is 0 Å². The van der Waals surface area contributed by atoms with Gasteiger partial charge in [0.25, 0.3) is 5.56 Å². The average Bonchev–Trinajstić information content (AvgIpc) is 2.81. The van der Waals surface area contributed by atoms with Gasteiger partial charge < -0.3 is 24.5 Å². The van der Waals surface area contributed by atoms with Gasteiger partial charge in [0.05, 0.1) is 38.8 Å². The SMILES string of the molecule is CCN(CCC(=O)Nc1cc(OC)c(OC)c(OC)c1)Cc1nc2ccccc2c(=O)[nH]1. The lowest BCUT2D eigenvalue weighted by molar-refractivity contribution is -0.116. The minimum atomic E-state index is -0.165. The molecule has 2 N–H and O–H groups in total. The van der Waals surface area contributed by atoms with Gasteiger partial charge in [-0.25, -0.2) is 4.98 Å². The predicted molar refractivity (Wildman–Crippen MR) is 123 cm³/mol. The van der Waals surface area contributed by atoms with Crippen molar-refractivity contribution in [1.29, 1.82) is 0 Å². The van der Waals surface area contributed by atoms with E-state index in [0.29, 0.717) is 59.3 Å². The van der Waals surface area contributed by atoms with Crippen molar-refractivity contribution >= 4 is 22.5 Å². The summed E-state index contributed by atoms with van der Waals surface area (Å²) in [5.41, 5.74) is 1.04. The van der Waals surface area contributed by atoms with E-state index >= 15 is 0 Å². The molecule has 0 aliphatic rings. The van der Waals surface area contributed by atoms with Crippen LogP contribution < -0.4 is 25.1 Å². The average molecular weight is 441 g/mol. The molecule has 1 aromatic heterocycles. The first-order valence-corrected chi connectivity index (χ1v) is 10.3. The first-order chi connectivity index (χ1) is 15.5. The lowest BCUT2D eigenvalue weighted by Crippen LogP contribution is -2.29. The Kier molecular flexibility index (Phi) is 7.67. The summed E-state index contributed by atoms with van der Waals surface area (Å²) < 4.78 is 15.9. The molecular weight excluding hydrogens is 412 g/mol. The van der Waals surface area contributed by atoms with E-state index in [0.717, 1.165) is 0 Å². The highest BCUT2D eigenvalue weighted by molar-refractivity contribution is 5.91. The number of anilines is 1. The summed E-state index contributed by atoms with van der Waals surface area (Å²) >= 11 is 0. The first-order valence-electron chi connectivity index (χ1n) is 10.3. The van der Waals surface area contributed by atoms with Crippen LogP contribution in [0.25, 0.3) is 10.9 Å². The van der Waals surface area contributed by atoms with Crippen LogP contribution in [-0.2, 0) is 11.3 Å². The summed E-state index contributed by atoms with van der Waals surface area (Å²) in [6, 6.07) is 10.6. The van der Waals surface area contributed by atoms with Crippen LogP contribution in [0, 0.1) is 0 Å². The van der Waals surface area contributed by atoms with Crippen LogP contribution in [0.4, 0.5) is 5.69 Å². The van der Waals surface area contributed by atoms with E-state index < -0.39 is 0 Å². The Hall–Kier alpha value is -3.59. The molecule has 0 saturated heterocycles. The number of amides is 1. The van der Waals surface area contributed by atoms with Gasteiger partial charge in [0.2, 0.25) is 11.7 Å². The number of methoxy groups -OCH3 is 3. The van der Waals surface area contributed by atoms with Crippen molar-refractivity contribution in [3.8, 4) is 17.2 Å². The summed E-state index contributed by atoms with van der Waals surface area (Å²) in [5, 5.41) is 3.42. The van der Waals surface area contributed by atoms with Crippen molar-refractivity contribution in [1.82, 2.24) is 14.9 Å². The van der Waals surface area contributed by atoms with E-state index in [-0.39, 0.29) is 17.9 Å². The second kappa shape index (κ2) is 10.6. The molecule has 32 heavy (non-hydrogen) atoms. The van der Waals surface area contributed by atoms with Crippen molar-refractivity contribution in [2.24, 2.45) is 0 Å². The number of hydrogen-bond acceptors (Lipinski definition) is 7. The largest absolute Gasteiger partial charge is 0.493 e. The molecule has 3 rings (SSSR count). The number of nitrogens with zero attached hydrogens (tertiary/aromatic N) is 2. The maximum absolute atomic E-state index is 12.5. The standard InChI is InChI=1S/C23H28N4O5/c1-5-27(14-20-25-17-9-7-6-8-16(17)23(29)26-20)11-10-21(28)24-15-12-18(30-2)22(32-4)19(13-15)31-3/h6-9,12-13H,5,10-11,14H2,1-4H3,(H,24,28)(H,25,26,29). The number of H-pyrrole nitrogens is 1. The normalized spacial score (nSPS) is 10.9. The number of fused-ring (bicyclic) bond motifs is 1. The van der Waals surface area contributed by atoms with Gasteiger partial charge in [-0.1, -0.05) is 19.1 Å². The number of carbonyl (C=O) groups excluding carboxylic acids is 1. The first kappa shape index (κ1) is 23.1. The zero-order valence-electron chi connectivity index (χ0n) is 18.7. The van der Waals surface area contributed by atoms with Gasteiger partial charge in [-0.2, -0.15) is 0 Å². The van der Waals surface area contributed by atoms with E-state index in [1.165, 1.54) is 21.3 Å². The fourth-order valence-corrected chi connectivity index (χ4v) is 3.41. The molecule has 0 aliphatic heterocycles. The monoisotopic (exact) mass is 440 g/mol. The van der Waals surface area contributed by atoms with Crippen molar-refractivity contribution < 1.29 is 19.0 Å². The zero-order valence-corrected chi connectivity index (χ0v) is 18.7. The lowest BCUT2D eigenvalue weighted by atomic mass is 10.2. The van der Waals surface area contributed by atoms with Crippen molar-refractivity contribution in [2.75, 3.05) is 39.7 Å². The molecule has 0 unspecified atom stereocenters. The highest BCUT2D eigenvalue weighted by atomic mass is 16.5. The number of ether oxygens (including phenoxy) is 3. The smallest absolute Gasteiger partial charge is 0.258 e. The fourth-order valence-electron chi connectivity index (χ4n) is 3.41. The highest BCUT2D eigenvalue weighted by Gasteiger charge is 2.15. The quantitative estimate of drug-likeness (QED) is 0.499. The Morgan fingerprint density at radius 1 is 1.09 bits per heavy atom. The molecule has 2 aromatic carbocycles. The van der Waals surface area contributed by atoms with E-state index in [1.807, 2.05) is 30.0 Å². The van der Waals surface area contributed by atoms with Gasteiger partial charge in [0.15, 0.2) is 11.5 Å². The number of aromatic amines is 1. The summed E-state index contributed by atoms with van der Waals surface area (Å²) in [6.45, 7) is 3.64. The molecule has 0 spiro atoms. The second-order valence-electron chi connectivity index (χ2n) is 7.11. The highest BCUT2D eigenvalue weighted by Crippen LogP contribution is 2.39. The second-order valence-corrected chi connectivity index (χ2v) is 7.11. The van der Waals surface area contributed by atoms with Crippen LogP contribution in [0.5, 0.6) is 17.2 Å². The third-order valence-electron chi connectivity index (χ3n) is 5.09. The number of aromatic nitrogens is 2. The Morgan fingerprint density at radius 2 is 1.78 bits per heavy atom. The van der Waals surface area contributed by atoms with E-state index in [9.17, 15) is 9.59 Å². The lowest BCUT2D eigenvalue weighted by Gasteiger charge is -2.20. The van der Waals surface area contributed by atoms with Crippen molar-refractivity contribution in [3.63, 3.8) is 0 Å². The van der Waals surface area contributed by atoms with Crippen LogP contribution in [0.15, 0.2) is 41.2 Å². The van der Waals surface area contributed by atoms with Crippen molar-refractivity contribution in [3.05, 3.63) is 52.6 Å². The Labute approximate surface area is 186 Å². The van der Waals surface area contributed by atoms with Crippen LogP contribution in [-0.4, -0.2) is 55.2 Å². The predicted octanol–water partition coefficient (Wildman–Crippen LogP) is 2.80. The summed E-state index contributed by atoms with van der Waals surface area (Å²) in [5.74, 6) is 1.80. The van der Waals surface area contributed by atoms with E-state index in [2.05, 4.69) is 15.3 Å². The van der Waals surface area contributed by atoms with Gasteiger partial charge in [-0.05, 0) is 18.7 Å². The molecule has 0 radical (unpaired) electrons. The van der Waals surface area contributed by atoms with Crippen LogP contribution in [0.3, 0.4) is 0 Å². The molecular formula is C23H28N4O5. The maximum Gasteiger partial charge on any atom is 0.258 e. The number of hydrogen-bond donors (Lipinski definition) is 2. The van der Waals surface area contributed by atoms with E-state index in [1.54, 1.807) is 18.2 Å². The summed E-state index contributed by atoms with van der Waals surface area (Å²) in [7, 11) is 4.57. The minimum absolute atomic E-state index is 0.155. The Morgan fingerprint density at radius 3 is 2.41 bits per heavy atom. The molecule has 9 nitrogen and oxygen atoms in total. The van der Waals surface area contributed by atoms with Crippen molar-refractivity contribution in [2.45, 2.75) is 19.9 Å². The Balaban J connectivity index is 1.64. The molecule has 0 aliphatic carbocycles. The number of benzene rings is 2. The molecule has 3 aromatic rings. The van der Waals surface area contributed by atoms with Gasteiger partial charge in [0, 0.05) is 30.8 Å². The number of para-hydroxylation sites is 1. The molecule has 0 fully saturated rings. The molecule has 0 atom stereocenters. The summed E-state index contributed by atoms with van der Waals surface area (Å²) in [6.07, 6.45) is 0.266. The molecule has 0 bridgehead atoms. The molecule has 1 amide bonds. The van der Waals surface area contributed by atoms with Gasteiger partial charge in [-0.3, -0.25) is 14.5 Å². The maximum atomic E-state index is 12.5. The molecule has 170 valence electrons. The number of carbonyl (C=O) groups is 1. The van der Waals surface area contributed by atoms with Gasteiger partial charge in [0.1, 0.15) is 5.82 Å². The zero-order chi connectivity index (χ0) is 23.1. The van der Waals surface area contributed by atoms with Crippen LogP contribution in [0.1, 0.15) is 19.2 Å². The summed E-state index contributed by atoms with van der Waals surface area (Å²) in [4.78, 5) is 34.2. The molecule has 0 saturated carbocycles. The topological polar surface area (TPSA) is 106 Å². The van der Waals surface area contributed by atoms with E-state index in [4.69, 9.17) is 14.2 Å². The third-order valence-corrected chi connectivity index (χ3v) is 5.09. The third kappa shape index (κ3) is 5.36. The number of nitrogens with one attached hydrogen (secondary N) is 2. The molecule has 9 heteroatoms. The van der Waals surface area contributed by atoms with Crippen LogP contribution >= 0.6 is 0 Å². The Bertz CT molecular complexity index is 1120. The minimum Gasteiger partial charge on any atom is -0.493 e. The fraction of sp³-hybridized carbons (Fsp3) is 0.348.